The molecule has 26 heavy (non-hydrogen) atoms. The van der Waals surface area contributed by atoms with Crippen LogP contribution < -0.4 is 5.32 Å². The molecule has 0 bridgehead atoms. The molecule has 1 heterocycles. The molecule has 0 saturated carbocycles. The standard InChI is InChI=1S/C20H19N3.2BrH.Ni/c1-15-9-8-10-16(2)19(15)23-20(17-11-4-3-5-12-17)22-18-13-6-7-14-21-18;;;/h3-14H,1-2H3,(H,21,22,23);2*1H;/q;;;+2/p-2. The summed E-state index contributed by atoms with van der Waals surface area (Å²) in [6.07, 6.45) is 1.75. The first-order valence-corrected chi connectivity index (χ1v) is 12.7. The van der Waals surface area contributed by atoms with Gasteiger partial charge in [-0.15, -0.1) is 0 Å². The molecule has 2 aromatic carbocycles. The number of halogens is 2. The first-order chi connectivity index (χ1) is 12.7. The Morgan fingerprint density at radius 3 is 2.08 bits per heavy atom. The summed E-state index contributed by atoms with van der Waals surface area (Å²) in [6, 6.07) is 22.1. The van der Waals surface area contributed by atoms with Gasteiger partial charge in [0.2, 0.25) is 0 Å². The summed E-state index contributed by atoms with van der Waals surface area (Å²) in [5.41, 5.74) is 4.50. The van der Waals surface area contributed by atoms with E-state index in [2.05, 4.69) is 70.8 Å². The van der Waals surface area contributed by atoms with Crippen LogP contribution in [0.1, 0.15) is 16.7 Å². The van der Waals surface area contributed by atoms with Gasteiger partial charge in [-0.25, -0.2) is 9.98 Å². The molecule has 0 unspecified atom stereocenters. The van der Waals surface area contributed by atoms with E-state index in [9.17, 15) is 0 Å². The molecule has 0 saturated heterocycles. The van der Waals surface area contributed by atoms with Gasteiger partial charge in [-0.05, 0) is 37.1 Å². The average Bonchev–Trinajstić information content (AvgIpc) is 2.66. The monoisotopic (exact) mass is 517 g/mol. The van der Waals surface area contributed by atoms with Gasteiger partial charge >= 0.3 is 39.3 Å². The van der Waals surface area contributed by atoms with E-state index < -0.39 is 0 Å². The molecule has 0 fully saturated rings. The molecule has 0 amide bonds. The molecule has 138 valence electrons. The van der Waals surface area contributed by atoms with Gasteiger partial charge in [0.1, 0.15) is 5.84 Å². The van der Waals surface area contributed by atoms with E-state index in [1.165, 1.54) is 22.0 Å². The normalized spacial score (nSPS) is 10.8. The van der Waals surface area contributed by atoms with Crippen molar-refractivity contribution in [3.8, 4) is 0 Å². The molecule has 3 nitrogen and oxygen atoms in total. The number of amidine groups is 1. The number of aliphatic imine (C=N–C) groups is 1. The Bertz CT molecular complexity index is 820. The maximum absolute atomic E-state index is 4.70. The Morgan fingerprint density at radius 1 is 0.885 bits per heavy atom. The molecule has 0 aliphatic carbocycles. The topological polar surface area (TPSA) is 37.3 Å². The minimum absolute atomic E-state index is 0.685. The molecular formula is C20H19Br2N3Ni. The second-order valence-electron chi connectivity index (χ2n) is 5.45. The van der Waals surface area contributed by atoms with Crippen LogP contribution in [0.2, 0.25) is 0 Å². The van der Waals surface area contributed by atoms with Gasteiger partial charge in [0.15, 0.2) is 5.82 Å². The number of nitrogens with zero attached hydrogens (tertiary/aromatic N) is 2. The summed E-state index contributed by atoms with van der Waals surface area (Å²) in [5, 5.41) is 3.49. The summed E-state index contributed by atoms with van der Waals surface area (Å²) in [6.45, 7) is 4.19. The van der Waals surface area contributed by atoms with Crippen LogP contribution in [0.4, 0.5) is 11.5 Å². The van der Waals surface area contributed by atoms with Crippen LogP contribution in [0, 0.1) is 13.8 Å². The van der Waals surface area contributed by atoms with Gasteiger partial charge in [-0.2, -0.15) is 0 Å². The number of hydrogen-bond acceptors (Lipinski definition) is 2. The Hall–Kier alpha value is -1.49. The van der Waals surface area contributed by atoms with Crippen molar-refractivity contribution < 1.29 is 10.9 Å². The minimum atomic E-state index is 0.685. The summed E-state index contributed by atoms with van der Waals surface area (Å²) in [5.74, 6) is 1.48. The van der Waals surface area contributed by atoms with Crippen molar-refractivity contribution in [2.75, 3.05) is 5.32 Å². The first-order valence-electron chi connectivity index (χ1n) is 7.86. The molecule has 3 rings (SSSR count). The zero-order valence-corrected chi connectivity index (χ0v) is 18.6. The number of para-hydroxylation sites is 1. The van der Waals surface area contributed by atoms with Crippen LogP contribution in [0.3, 0.4) is 0 Å². The van der Waals surface area contributed by atoms with E-state index in [0.29, 0.717) is 5.82 Å². The molecule has 0 aliphatic heterocycles. The van der Waals surface area contributed by atoms with Crippen molar-refractivity contribution in [1.29, 1.82) is 0 Å². The number of nitrogens with one attached hydrogen (secondary N) is 1. The summed E-state index contributed by atoms with van der Waals surface area (Å²) in [7, 11) is 1.25. The van der Waals surface area contributed by atoms with Crippen molar-refractivity contribution in [2.45, 2.75) is 13.8 Å². The van der Waals surface area contributed by atoms with E-state index in [4.69, 9.17) is 4.99 Å². The quantitative estimate of drug-likeness (QED) is 0.241. The Labute approximate surface area is 174 Å². The number of aromatic nitrogens is 1. The number of hydrogen-bond donors (Lipinski definition) is 1. The molecule has 0 spiro atoms. The van der Waals surface area contributed by atoms with Crippen LogP contribution in [-0.4, -0.2) is 10.8 Å². The molecule has 1 N–H and O–H groups in total. The molecule has 0 aliphatic rings. The maximum atomic E-state index is 4.70. The zero-order valence-electron chi connectivity index (χ0n) is 14.4. The van der Waals surface area contributed by atoms with E-state index in [0.717, 1.165) is 17.1 Å². The van der Waals surface area contributed by atoms with Gasteiger partial charge in [0.05, 0.1) is 0 Å². The van der Waals surface area contributed by atoms with Gasteiger partial charge in [-0.1, -0.05) is 54.6 Å². The molecule has 0 radical (unpaired) electrons. The predicted octanol–water partition coefficient (Wildman–Crippen LogP) is 6.58. The number of benzene rings is 2. The fourth-order valence-electron chi connectivity index (χ4n) is 2.43. The van der Waals surface area contributed by atoms with Crippen molar-refractivity contribution in [3.05, 3.63) is 89.6 Å². The summed E-state index contributed by atoms with van der Waals surface area (Å²) >= 11 is 6.00. The van der Waals surface area contributed by atoms with E-state index in [-0.39, 0.29) is 0 Å². The second-order valence-corrected chi connectivity index (χ2v) is 10.4. The van der Waals surface area contributed by atoms with E-state index >= 15 is 0 Å². The fraction of sp³-hybridized carbons (Fsp3) is 0.100. The van der Waals surface area contributed by atoms with Crippen molar-refractivity contribution in [2.24, 2.45) is 4.99 Å². The van der Waals surface area contributed by atoms with E-state index in [1.807, 2.05) is 48.5 Å². The first kappa shape index (κ1) is 20.8. The molecule has 6 heteroatoms. The van der Waals surface area contributed by atoms with Gasteiger partial charge in [-0.3, -0.25) is 0 Å². The van der Waals surface area contributed by atoms with Gasteiger partial charge in [0.25, 0.3) is 0 Å². The SMILES string of the molecule is Cc1cccc(C)c1N/C(=N\c1ccccn1)c1ccccc1.[Br][Ni][Br]. The van der Waals surface area contributed by atoms with Crippen molar-refractivity contribution in [1.82, 2.24) is 4.98 Å². The number of pyridine rings is 1. The summed E-state index contributed by atoms with van der Waals surface area (Å²) < 4.78 is 0. The molecule has 3 aromatic rings. The molecule has 1 aromatic heterocycles. The Kier molecular flexibility index (Phi) is 9.03. The Balaban J connectivity index is 0.000000758. The number of anilines is 1. The molecular weight excluding hydrogens is 501 g/mol. The predicted molar refractivity (Wildman–Crippen MR) is 114 cm³/mol. The van der Waals surface area contributed by atoms with Crippen molar-refractivity contribution in [3.63, 3.8) is 0 Å². The van der Waals surface area contributed by atoms with Crippen LogP contribution in [-0.2, 0) is 10.9 Å². The average molecular weight is 520 g/mol. The summed E-state index contributed by atoms with van der Waals surface area (Å²) in [4.78, 5) is 9.00. The van der Waals surface area contributed by atoms with Crippen LogP contribution in [0.25, 0.3) is 0 Å². The molecule has 0 atom stereocenters. The van der Waals surface area contributed by atoms with E-state index in [1.54, 1.807) is 6.20 Å². The van der Waals surface area contributed by atoms with Crippen LogP contribution in [0.5, 0.6) is 0 Å². The number of rotatable bonds is 3. The van der Waals surface area contributed by atoms with Crippen molar-refractivity contribution >= 4 is 45.8 Å². The third-order valence-electron chi connectivity index (χ3n) is 3.65. The third-order valence-corrected chi connectivity index (χ3v) is 3.65. The van der Waals surface area contributed by atoms with Gasteiger partial charge in [0, 0.05) is 17.4 Å². The fourth-order valence-corrected chi connectivity index (χ4v) is 2.43. The van der Waals surface area contributed by atoms with Crippen LogP contribution in [0.15, 0.2) is 77.9 Å². The van der Waals surface area contributed by atoms with Crippen LogP contribution >= 0.6 is 28.5 Å². The Morgan fingerprint density at radius 2 is 1.50 bits per heavy atom. The third kappa shape index (κ3) is 6.35. The van der Waals surface area contributed by atoms with Gasteiger partial charge < -0.3 is 5.32 Å². The second kappa shape index (κ2) is 11.3. The number of aryl methyl sites for hydroxylation is 2. The zero-order chi connectivity index (χ0) is 18.8.